The summed E-state index contributed by atoms with van der Waals surface area (Å²) in [5, 5.41) is 32.7. The van der Waals surface area contributed by atoms with Crippen LogP contribution in [0, 0.1) is 0 Å². The first kappa shape index (κ1) is 19.1. The van der Waals surface area contributed by atoms with Gasteiger partial charge in [0.1, 0.15) is 6.04 Å². The van der Waals surface area contributed by atoms with Crippen LogP contribution < -0.4 is 15.9 Å². The van der Waals surface area contributed by atoms with E-state index in [1.165, 1.54) is 0 Å². The predicted octanol–water partition coefficient (Wildman–Crippen LogP) is -3.95. The summed E-state index contributed by atoms with van der Waals surface area (Å²) in [7, 11) is 0. The molecule has 0 amide bonds. The zero-order valence-electron chi connectivity index (χ0n) is 7.00. The van der Waals surface area contributed by atoms with Crippen molar-refractivity contribution in [2.24, 2.45) is 5.73 Å². The van der Waals surface area contributed by atoms with E-state index >= 15 is 0 Å². The largest absolute Gasteiger partial charge is 2.00 e. The third-order valence-corrected chi connectivity index (χ3v) is 0.712. The van der Waals surface area contributed by atoms with E-state index in [9.17, 15) is 9.59 Å². The Morgan fingerprint density at radius 3 is 1.57 bits per heavy atom. The molecule has 0 aliphatic heterocycles. The molecule has 0 aliphatic rings. The monoisotopic (exact) mass is 233 g/mol. The van der Waals surface area contributed by atoms with Crippen molar-refractivity contribution < 1.29 is 34.8 Å². The van der Waals surface area contributed by atoms with E-state index in [-0.39, 0.29) is 37.7 Å². The number of carboxylic acid groups (broad SMARTS) is 4. The first-order chi connectivity index (χ1) is 5.77. The molecule has 0 bridgehead atoms. The Morgan fingerprint density at radius 1 is 1.21 bits per heavy atom. The zero-order chi connectivity index (χ0) is 11.0. The average Bonchev–Trinajstić information content (AvgIpc) is 1.83. The summed E-state index contributed by atoms with van der Waals surface area (Å²) >= 11 is 0. The Kier molecular flexibility index (Phi) is 14.3. The van der Waals surface area contributed by atoms with E-state index in [1.54, 1.807) is 0 Å². The molecule has 0 saturated heterocycles. The first-order valence-electron chi connectivity index (χ1n) is 2.85. The second kappa shape index (κ2) is 10.5. The number of carboxylic acids is 2. The van der Waals surface area contributed by atoms with Crippen molar-refractivity contribution in [1.29, 1.82) is 0 Å². The topological polar surface area (TPSA) is 164 Å². The fourth-order valence-corrected chi connectivity index (χ4v) is 0.275. The van der Waals surface area contributed by atoms with Gasteiger partial charge in [-0.1, -0.05) is 0 Å². The van der Waals surface area contributed by atoms with Crippen LogP contribution in [0.15, 0.2) is 0 Å². The van der Waals surface area contributed by atoms with Gasteiger partial charge in [0, 0.05) is 0 Å². The molecule has 0 rings (SSSR count). The molecule has 76 valence electrons. The van der Waals surface area contributed by atoms with Gasteiger partial charge in [0.2, 0.25) is 0 Å². The summed E-state index contributed by atoms with van der Waals surface area (Å²) in [6, 6.07) is -1.29. The van der Waals surface area contributed by atoms with Crippen LogP contribution in [0.25, 0.3) is 0 Å². The van der Waals surface area contributed by atoms with E-state index in [0.29, 0.717) is 0 Å². The van der Waals surface area contributed by atoms with Gasteiger partial charge in [-0.05, 0) is 6.16 Å². The molecule has 0 spiro atoms. The fourth-order valence-electron chi connectivity index (χ4n) is 0.275. The third kappa shape index (κ3) is 22.5. The van der Waals surface area contributed by atoms with Crippen LogP contribution in [0.5, 0.6) is 0 Å². The molecule has 1 unspecified atom stereocenters. The van der Waals surface area contributed by atoms with Crippen molar-refractivity contribution in [3.05, 3.63) is 0 Å². The number of hydrogen-bond acceptors (Lipinski definition) is 6. The van der Waals surface area contributed by atoms with Gasteiger partial charge in [-0.25, -0.2) is 0 Å². The molecule has 8 nitrogen and oxygen atoms in total. The Hall–Kier alpha value is -0.570. The van der Waals surface area contributed by atoms with Crippen LogP contribution >= 0.6 is 0 Å². The summed E-state index contributed by atoms with van der Waals surface area (Å²) in [5.74, 6) is -2.50. The molecule has 0 heterocycles. The minimum absolute atomic E-state index is 0. The number of nitrogens with two attached hydrogens (primary N) is 1. The van der Waals surface area contributed by atoms with Crippen LogP contribution in [0.1, 0.15) is 6.42 Å². The van der Waals surface area contributed by atoms with E-state index in [2.05, 4.69) is 0 Å². The van der Waals surface area contributed by atoms with Gasteiger partial charge in [-0.15, -0.1) is 0 Å². The van der Waals surface area contributed by atoms with E-state index < -0.39 is 30.6 Å². The Morgan fingerprint density at radius 2 is 1.50 bits per heavy atom. The minimum Gasteiger partial charge on any atom is -0.652 e. The molecule has 0 aromatic carbocycles. The fraction of sp³-hybridized carbons (Fsp3) is 0.400. The van der Waals surface area contributed by atoms with Crippen LogP contribution in [0.4, 0.5) is 4.79 Å². The van der Waals surface area contributed by atoms with Crippen molar-refractivity contribution in [2.45, 2.75) is 12.5 Å². The molecular formula is C5H7CaNO7. The summed E-state index contributed by atoms with van der Waals surface area (Å²) < 4.78 is 0. The Labute approximate surface area is 108 Å². The molecule has 4 N–H and O–H groups in total. The Balaban J connectivity index is -0.000000209. The van der Waals surface area contributed by atoms with Gasteiger partial charge >= 0.3 is 49.7 Å². The molecule has 1 atom stereocenters. The summed E-state index contributed by atoms with van der Waals surface area (Å²) in [4.78, 5) is 28.0. The van der Waals surface area contributed by atoms with Crippen LogP contribution in [-0.2, 0) is 9.59 Å². The van der Waals surface area contributed by atoms with Crippen LogP contribution in [0.3, 0.4) is 0 Å². The maximum atomic E-state index is 9.85. The summed E-state index contributed by atoms with van der Waals surface area (Å²) in [6.07, 6.45) is -2.87. The molecule has 0 aromatic heterocycles. The van der Waals surface area contributed by atoms with Gasteiger partial charge in [0.25, 0.3) is 0 Å². The van der Waals surface area contributed by atoms with E-state index in [1.807, 2.05) is 0 Å². The molecule has 0 aromatic rings. The van der Waals surface area contributed by atoms with E-state index in [4.69, 9.17) is 31.0 Å². The van der Waals surface area contributed by atoms with Crippen molar-refractivity contribution >= 4 is 55.8 Å². The smallest absolute Gasteiger partial charge is 0.652 e. The van der Waals surface area contributed by atoms with Crippen molar-refractivity contribution in [3.63, 3.8) is 0 Å². The van der Waals surface area contributed by atoms with Crippen molar-refractivity contribution in [2.75, 3.05) is 0 Å². The molecule has 0 radical (unpaired) electrons. The second-order valence-electron chi connectivity index (χ2n) is 1.79. The quantitative estimate of drug-likeness (QED) is 0.415. The molecular weight excluding hydrogens is 226 g/mol. The predicted molar refractivity (Wildman–Crippen MR) is 39.0 cm³/mol. The number of aliphatic carboxylic acids is 2. The average molecular weight is 233 g/mol. The third-order valence-electron chi connectivity index (χ3n) is 0.712. The summed E-state index contributed by atoms with van der Waals surface area (Å²) in [5.41, 5.74) is 4.84. The van der Waals surface area contributed by atoms with Gasteiger partial charge < -0.3 is 31.0 Å². The van der Waals surface area contributed by atoms with Crippen molar-refractivity contribution in [3.8, 4) is 0 Å². The molecule has 0 fully saturated rings. The normalized spacial score (nSPS) is 9.79. The molecule has 0 saturated carbocycles. The van der Waals surface area contributed by atoms with Gasteiger partial charge in [0.05, 0.1) is 6.42 Å². The number of carbonyl (C=O) groups excluding carboxylic acids is 1. The number of hydrogen-bond donors (Lipinski definition) is 3. The zero-order valence-corrected chi connectivity index (χ0v) is 9.21. The van der Waals surface area contributed by atoms with E-state index in [0.717, 1.165) is 0 Å². The van der Waals surface area contributed by atoms with Gasteiger partial charge in [0.15, 0.2) is 0 Å². The van der Waals surface area contributed by atoms with Crippen LogP contribution in [-0.4, -0.2) is 72.1 Å². The summed E-state index contributed by atoms with van der Waals surface area (Å²) in [6.45, 7) is 0. The maximum Gasteiger partial charge on any atom is 2.00 e. The minimum atomic E-state index is -2.33. The van der Waals surface area contributed by atoms with Gasteiger partial charge in [-0.2, -0.15) is 0 Å². The molecule has 0 aliphatic carbocycles. The van der Waals surface area contributed by atoms with Crippen molar-refractivity contribution in [1.82, 2.24) is 0 Å². The molecule has 9 heteroatoms. The maximum absolute atomic E-state index is 9.85. The SMILES string of the molecule is NC(CC(=O)O)C(=O)O.O=C([O-])[O-].[Ca+2]. The second-order valence-corrected chi connectivity index (χ2v) is 1.79. The molecule has 14 heavy (non-hydrogen) atoms. The number of carbonyl (C=O) groups is 3. The van der Waals surface area contributed by atoms with Crippen LogP contribution in [0.2, 0.25) is 0 Å². The first-order valence-corrected chi connectivity index (χ1v) is 2.85. The number of rotatable bonds is 3. The Bertz CT molecular complexity index is 202. The standard InChI is InChI=1S/C4H7NO4.CH2O3.Ca/c5-2(4(8)9)1-3(6)7;2-1(3)4;/h2H,1,5H2,(H,6,7)(H,8,9);(H2,2,3,4);/q;;+2/p-2. The van der Waals surface area contributed by atoms with Gasteiger partial charge in [-0.3, -0.25) is 9.59 Å².